The molecule has 0 radical (unpaired) electrons. The van der Waals surface area contributed by atoms with Crippen molar-refractivity contribution in [2.24, 2.45) is 11.8 Å². The lowest BCUT2D eigenvalue weighted by atomic mass is 9.90. The van der Waals surface area contributed by atoms with E-state index in [4.69, 9.17) is 4.74 Å². The van der Waals surface area contributed by atoms with Gasteiger partial charge in [-0.15, -0.1) is 0 Å². The van der Waals surface area contributed by atoms with Crippen LogP contribution in [-0.4, -0.2) is 26.8 Å². The van der Waals surface area contributed by atoms with Crippen LogP contribution < -0.4 is 5.32 Å². The summed E-state index contributed by atoms with van der Waals surface area (Å²) in [5, 5.41) is 3.52. The van der Waals surface area contributed by atoms with Gasteiger partial charge in [0.1, 0.15) is 0 Å². The highest BCUT2D eigenvalue weighted by molar-refractivity contribution is 4.73. The molecule has 0 heterocycles. The van der Waals surface area contributed by atoms with Crippen molar-refractivity contribution in [2.75, 3.05) is 26.8 Å². The molecule has 0 aromatic rings. The van der Waals surface area contributed by atoms with E-state index < -0.39 is 0 Å². The van der Waals surface area contributed by atoms with Crippen LogP contribution in [0, 0.1) is 11.8 Å². The van der Waals surface area contributed by atoms with Crippen molar-refractivity contribution >= 4 is 0 Å². The van der Waals surface area contributed by atoms with Crippen molar-refractivity contribution < 1.29 is 4.74 Å². The first kappa shape index (κ1) is 14.0. The summed E-state index contributed by atoms with van der Waals surface area (Å²) in [4.78, 5) is 0. The minimum Gasteiger partial charge on any atom is -0.383 e. The number of rotatable bonds is 9. The fraction of sp³-hybridized carbons (Fsp3) is 1.00. The molecule has 1 atom stereocenters. The Morgan fingerprint density at radius 3 is 2.69 bits per heavy atom. The summed E-state index contributed by atoms with van der Waals surface area (Å²) in [5.41, 5.74) is 0. The second-order valence-corrected chi connectivity index (χ2v) is 5.24. The average Bonchev–Trinajstić information content (AvgIpc) is 2.77. The largest absolute Gasteiger partial charge is 0.383 e. The lowest BCUT2D eigenvalue weighted by Gasteiger charge is -2.20. The second-order valence-electron chi connectivity index (χ2n) is 5.24. The van der Waals surface area contributed by atoms with Gasteiger partial charge in [-0.25, -0.2) is 0 Å². The Morgan fingerprint density at radius 1 is 1.31 bits per heavy atom. The van der Waals surface area contributed by atoms with E-state index in [0.717, 1.165) is 25.0 Å². The molecule has 2 nitrogen and oxygen atoms in total. The summed E-state index contributed by atoms with van der Waals surface area (Å²) < 4.78 is 5.05. The Hall–Kier alpha value is -0.0800. The third-order valence-corrected chi connectivity index (χ3v) is 3.75. The van der Waals surface area contributed by atoms with Crippen LogP contribution in [0.3, 0.4) is 0 Å². The summed E-state index contributed by atoms with van der Waals surface area (Å²) in [5.74, 6) is 1.92. The van der Waals surface area contributed by atoms with Gasteiger partial charge in [-0.3, -0.25) is 0 Å². The molecule has 0 saturated heterocycles. The lowest BCUT2D eigenvalue weighted by molar-refractivity contribution is 0.196. The number of nitrogens with one attached hydrogen (secondary N) is 1. The Kier molecular flexibility index (Phi) is 7.87. The maximum absolute atomic E-state index is 5.05. The fourth-order valence-electron chi connectivity index (χ4n) is 2.91. The van der Waals surface area contributed by atoms with Gasteiger partial charge >= 0.3 is 0 Å². The molecule has 1 aliphatic rings. The number of methoxy groups -OCH3 is 1. The van der Waals surface area contributed by atoms with E-state index >= 15 is 0 Å². The summed E-state index contributed by atoms with van der Waals surface area (Å²) >= 11 is 0. The van der Waals surface area contributed by atoms with Gasteiger partial charge in [-0.1, -0.05) is 39.0 Å². The first-order valence-electron chi connectivity index (χ1n) is 7.06. The van der Waals surface area contributed by atoms with Crippen molar-refractivity contribution in [3.05, 3.63) is 0 Å². The van der Waals surface area contributed by atoms with E-state index in [2.05, 4.69) is 12.2 Å². The highest BCUT2D eigenvalue weighted by Crippen LogP contribution is 2.31. The Balaban J connectivity index is 2.12. The van der Waals surface area contributed by atoms with Gasteiger partial charge in [-0.2, -0.15) is 0 Å². The van der Waals surface area contributed by atoms with Crippen molar-refractivity contribution in [1.82, 2.24) is 5.32 Å². The van der Waals surface area contributed by atoms with Crippen LogP contribution in [0.25, 0.3) is 0 Å². The first-order valence-corrected chi connectivity index (χ1v) is 7.06. The van der Waals surface area contributed by atoms with Crippen LogP contribution in [-0.2, 0) is 4.74 Å². The standard InChI is InChI=1S/C14H29NO/c1-3-6-14(12-15-9-10-16-2)11-13-7-4-5-8-13/h13-15H,3-12H2,1-2H3. The molecule has 1 rings (SSSR count). The van der Waals surface area contributed by atoms with Crippen molar-refractivity contribution in [3.63, 3.8) is 0 Å². The monoisotopic (exact) mass is 227 g/mol. The molecule has 1 aliphatic carbocycles. The van der Waals surface area contributed by atoms with Crippen molar-refractivity contribution in [2.45, 2.75) is 51.9 Å². The summed E-state index contributed by atoms with van der Waals surface area (Å²) in [6.45, 7) is 5.33. The Labute approximate surface area is 101 Å². The van der Waals surface area contributed by atoms with Crippen LogP contribution in [0.15, 0.2) is 0 Å². The number of hydrogen-bond donors (Lipinski definition) is 1. The van der Waals surface area contributed by atoms with Gasteiger partial charge in [0, 0.05) is 13.7 Å². The van der Waals surface area contributed by atoms with Gasteiger partial charge in [0.25, 0.3) is 0 Å². The molecule has 0 bridgehead atoms. The molecule has 96 valence electrons. The fourth-order valence-corrected chi connectivity index (χ4v) is 2.91. The lowest BCUT2D eigenvalue weighted by Crippen LogP contribution is -2.27. The molecule has 0 aromatic carbocycles. The highest BCUT2D eigenvalue weighted by Gasteiger charge is 2.19. The zero-order valence-corrected chi connectivity index (χ0v) is 11.1. The van der Waals surface area contributed by atoms with E-state index in [1.165, 1.54) is 51.5 Å². The average molecular weight is 227 g/mol. The molecule has 1 unspecified atom stereocenters. The summed E-state index contributed by atoms with van der Waals surface area (Å²) in [6.07, 6.45) is 10.1. The molecule has 2 heteroatoms. The molecule has 16 heavy (non-hydrogen) atoms. The van der Waals surface area contributed by atoms with Crippen LogP contribution in [0.5, 0.6) is 0 Å². The van der Waals surface area contributed by atoms with Crippen LogP contribution in [0.2, 0.25) is 0 Å². The number of ether oxygens (including phenoxy) is 1. The van der Waals surface area contributed by atoms with Crippen LogP contribution in [0.1, 0.15) is 51.9 Å². The van der Waals surface area contributed by atoms with E-state index in [9.17, 15) is 0 Å². The Morgan fingerprint density at radius 2 is 2.06 bits per heavy atom. The van der Waals surface area contributed by atoms with E-state index in [0.29, 0.717) is 0 Å². The first-order chi connectivity index (χ1) is 7.86. The third kappa shape index (κ3) is 5.86. The van der Waals surface area contributed by atoms with E-state index in [1.807, 2.05) is 0 Å². The molecule has 0 amide bonds. The normalized spacial score (nSPS) is 19.1. The molecule has 1 saturated carbocycles. The minimum atomic E-state index is 0.836. The molecule has 0 spiro atoms. The zero-order chi connectivity index (χ0) is 11.6. The number of hydrogen-bond acceptors (Lipinski definition) is 2. The van der Waals surface area contributed by atoms with Gasteiger partial charge in [-0.05, 0) is 31.2 Å². The maximum atomic E-state index is 5.05. The van der Waals surface area contributed by atoms with Gasteiger partial charge in [0.2, 0.25) is 0 Å². The summed E-state index contributed by atoms with van der Waals surface area (Å²) in [7, 11) is 1.77. The maximum Gasteiger partial charge on any atom is 0.0587 e. The molecule has 1 fully saturated rings. The van der Waals surface area contributed by atoms with Crippen LogP contribution >= 0.6 is 0 Å². The predicted molar refractivity (Wildman–Crippen MR) is 69.7 cm³/mol. The topological polar surface area (TPSA) is 21.3 Å². The van der Waals surface area contributed by atoms with E-state index in [1.54, 1.807) is 7.11 Å². The minimum absolute atomic E-state index is 0.836. The Bertz CT molecular complexity index is 155. The van der Waals surface area contributed by atoms with E-state index in [-0.39, 0.29) is 0 Å². The predicted octanol–water partition coefficient (Wildman–Crippen LogP) is 3.22. The molecular formula is C14H29NO. The summed E-state index contributed by atoms with van der Waals surface area (Å²) in [6, 6.07) is 0. The molecule has 0 aliphatic heterocycles. The van der Waals surface area contributed by atoms with Crippen molar-refractivity contribution in [1.29, 1.82) is 0 Å². The second kappa shape index (κ2) is 9.00. The smallest absolute Gasteiger partial charge is 0.0587 e. The van der Waals surface area contributed by atoms with Crippen LogP contribution in [0.4, 0.5) is 0 Å². The van der Waals surface area contributed by atoms with Crippen molar-refractivity contribution in [3.8, 4) is 0 Å². The molecule has 1 N–H and O–H groups in total. The van der Waals surface area contributed by atoms with Gasteiger partial charge in [0.15, 0.2) is 0 Å². The SMILES string of the molecule is CCCC(CNCCOC)CC1CCCC1. The molecule has 0 aromatic heterocycles. The van der Waals surface area contributed by atoms with Gasteiger partial charge < -0.3 is 10.1 Å². The zero-order valence-electron chi connectivity index (χ0n) is 11.1. The van der Waals surface area contributed by atoms with Gasteiger partial charge in [0.05, 0.1) is 6.61 Å². The highest BCUT2D eigenvalue weighted by atomic mass is 16.5. The third-order valence-electron chi connectivity index (χ3n) is 3.75. The quantitative estimate of drug-likeness (QED) is 0.611. The molecular weight excluding hydrogens is 198 g/mol.